The number of aliphatic hydroxyl groups is 1. The van der Waals surface area contributed by atoms with Gasteiger partial charge in [0.25, 0.3) is 5.91 Å². The maximum absolute atomic E-state index is 12.4. The van der Waals surface area contributed by atoms with Crippen molar-refractivity contribution in [2.45, 2.75) is 39.2 Å². The number of amides is 1. The third kappa shape index (κ3) is 2.20. The van der Waals surface area contributed by atoms with E-state index in [4.69, 9.17) is 0 Å². The Hall–Kier alpha value is -1.36. The summed E-state index contributed by atoms with van der Waals surface area (Å²) in [5.74, 6) is -0.00694. The fourth-order valence-electron chi connectivity index (χ4n) is 2.47. The number of hydrogen-bond donors (Lipinski definition) is 2. The van der Waals surface area contributed by atoms with Crippen LogP contribution in [0.5, 0.6) is 0 Å². The second-order valence-corrected chi connectivity index (χ2v) is 4.64. The lowest BCUT2D eigenvalue weighted by Gasteiger charge is -2.34. The Kier molecular flexibility index (Phi) is 3.47. The average Bonchev–Trinajstić information content (AvgIpc) is 2.68. The normalized spacial score (nSPS) is 20.6. The maximum atomic E-state index is 12.4. The van der Waals surface area contributed by atoms with E-state index in [0.717, 1.165) is 37.2 Å². The quantitative estimate of drug-likeness (QED) is 0.806. The zero-order valence-electron chi connectivity index (χ0n) is 10.4. The summed E-state index contributed by atoms with van der Waals surface area (Å²) in [6.07, 6.45) is 2.98. The molecule has 1 atom stereocenters. The first-order chi connectivity index (χ1) is 8.15. The highest BCUT2D eigenvalue weighted by Gasteiger charge is 2.29. The van der Waals surface area contributed by atoms with Crippen LogP contribution in [0.4, 0.5) is 0 Å². The molecule has 17 heavy (non-hydrogen) atoms. The van der Waals surface area contributed by atoms with Crippen LogP contribution in [-0.2, 0) is 0 Å². The fraction of sp³-hybridized carbons (Fsp3) is 0.667. The van der Waals surface area contributed by atoms with Crippen molar-refractivity contribution >= 4 is 5.91 Å². The number of nitrogens with one attached hydrogen (secondary N) is 1. The topological polar surface area (TPSA) is 69.2 Å². The molecule has 0 bridgehead atoms. The number of likely N-dealkylation sites (tertiary alicyclic amines) is 1. The van der Waals surface area contributed by atoms with Gasteiger partial charge in [0, 0.05) is 12.2 Å². The zero-order chi connectivity index (χ0) is 12.4. The van der Waals surface area contributed by atoms with Crippen molar-refractivity contribution in [3.63, 3.8) is 0 Å². The Morgan fingerprint density at radius 1 is 1.53 bits per heavy atom. The van der Waals surface area contributed by atoms with E-state index < -0.39 is 0 Å². The SMILES string of the molecule is Cc1n[nH]c(C)c1C(=O)N1CCCCC1CO. The van der Waals surface area contributed by atoms with E-state index in [1.807, 2.05) is 13.8 Å². The number of aryl methyl sites for hydroxylation is 2. The van der Waals surface area contributed by atoms with Gasteiger partial charge in [0.05, 0.1) is 23.9 Å². The van der Waals surface area contributed by atoms with Crippen molar-refractivity contribution in [2.75, 3.05) is 13.2 Å². The highest BCUT2D eigenvalue weighted by atomic mass is 16.3. The zero-order valence-corrected chi connectivity index (χ0v) is 10.4. The molecule has 94 valence electrons. The van der Waals surface area contributed by atoms with E-state index in [-0.39, 0.29) is 18.6 Å². The van der Waals surface area contributed by atoms with Crippen LogP contribution in [0.3, 0.4) is 0 Å². The molecule has 5 heteroatoms. The van der Waals surface area contributed by atoms with Crippen LogP contribution in [0, 0.1) is 13.8 Å². The molecule has 1 aliphatic rings. The van der Waals surface area contributed by atoms with E-state index in [1.54, 1.807) is 4.90 Å². The van der Waals surface area contributed by atoms with Crippen molar-refractivity contribution in [3.05, 3.63) is 17.0 Å². The predicted molar refractivity (Wildman–Crippen MR) is 63.8 cm³/mol. The van der Waals surface area contributed by atoms with Gasteiger partial charge in [-0.2, -0.15) is 5.10 Å². The molecule has 2 heterocycles. The molecule has 5 nitrogen and oxygen atoms in total. The van der Waals surface area contributed by atoms with Crippen LogP contribution >= 0.6 is 0 Å². The summed E-state index contributed by atoms with van der Waals surface area (Å²) >= 11 is 0. The number of rotatable bonds is 2. The van der Waals surface area contributed by atoms with Crippen LogP contribution in [0.25, 0.3) is 0 Å². The average molecular weight is 237 g/mol. The molecule has 1 amide bonds. The number of nitrogens with zero attached hydrogens (tertiary/aromatic N) is 2. The van der Waals surface area contributed by atoms with Gasteiger partial charge in [-0.25, -0.2) is 0 Å². The molecule has 0 spiro atoms. The van der Waals surface area contributed by atoms with Crippen molar-refractivity contribution in [1.29, 1.82) is 0 Å². The lowest BCUT2D eigenvalue weighted by molar-refractivity contribution is 0.0501. The number of piperidine rings is 1. The Bertz CT molecular complexity index is 394. The molecular weight excluding hydrogens is 218 g/mol. The number of aromatic nitrogens is 2. The minimum Gasteiger partial charge on any atom is -0.394 e. The molecule has 1 aromatic rings. The molecule has 0 saturated carbocycles. The molecule has 0 aliphatic carbocycles. The van der Waals surface area contributed by atoms with Crippen molar-refractivity contribution < 1.29 is 9.90 Å². The summed E-state index contributed by atoms with van der Waals surface area (Å²) < 4.78 is 0. The van der Waals surface area contributed by atoms with Gasteiger partial charge in [0.15, 0.2) is 0 Å². The summed E-state index contributed by atoms with van der Waals surface area (Å²) in [6.45, 7) is 4.45. The number of carbonyl (C=O) groups excluding carboxylic acids is 1. The third-order valence-corrected chi connectivity index (χ3v) is 3.44. The van der Waals surface area contributed by atoms with E-state index >= 15 is 0 Å². The first-order valence-corrected chi connectivity index (χ1v) is 6.08. The molecular formula is C12H19N3O2. The standard InChI is InChI=1S/C12H19N3O2/c1-8-11(9(2)14-13-8)12(17)15-6-4-3-5-10(15)7-16/h10,16H,3-7H2,1-2H3,(H,13,14). The highest BCUT2D eigenvalue weighted by Crippen LogP contribution is 2.21. The van der Waals surface area contributed by atoms with Crippen LogP contribution in [0.15, 0.2) is 0 Å². The van der Waals surface area contributed by atoms with Crippen LogP contribution in [0.2, 0.25) is 0 Å². The molecule has 2 N–H and O–H groups in total. The first kappa shape index (κ1) is 12.1. The van der Waals surface area contributed by atoms with Gasteiger partial charge in [0.2, 0.25) is 0 Å². The van der Waals surface area contributed by atoms with Gasteiger partial charge >= 0.3 is 0 Å². The minimum atomic E-state index is -0.0371. The second-order valence-electron chi connectivity index (χ2n) is 4.64. The Balaban J connectivity index is 2.24. The number of aliphatic hydroxyl groups excluding tert-OH is 1. The summed E-state index contributed by atoms with van der Waals surface area (Å²) in [5, 5.41) is 16.2. The van der Waals surface area contributed by atoms with Crippen molar-refractivity contribution in [3.8, 4) is 0 Å². The van der Waals surface area contributed by atoms with Crippen LogP contribution in [-0.4, -0.2) is 45.3 Å². The van der Waals surface area contributed by atoms with E-state index in [2.05, 4.69) is 10.2 Å². The molecule has 1 unspecified atom stereocenters. The van der Waals surface area contributed by atoms with Crippen LogP contribution < -0.4 is 0 Å². The number of H-pyrrole nitrogens is 1. The van der Waals surface area contributed by atoms with Gasteiger partial charge in [-0.3, -0.25) is 9.89 Å². The number of hydrogen-bond acceptors (Lipinski definition) is 3. The lowest BCUT2D eigenvalue weighted by atomic mass is 10.0. The third-order valence-electron chi connectivity index (χ3n) is 3.44. The van der Waals surface area contributed by atoms with Gasteiger partial charge in [-0.1, -0.05) is 0 Å². The molecule has 1 aromatic heterocycles. The smallest absolute Gasteiger partial charge is 0.257 e. The summed E-state index contributed by atoms with van der Waals surface area (Å²) in [6, 6.07) is -0.0371. The minimum absolute atomic E-state index is 0.00694. The number of aromatic amines is 1. The lowest BCUT2D eigenvalue weighted by Crippen LogP contribution is -2.45. The molecule has 0 radical (unpaired) electrons. The van der Waals surface area contributed by atoms with Gasteiger partial charge in [-0.15, -0.1) is 0 Å². The predicted octanol–water partition coefficient (Wildman–Crippen LogP) is 1.01. The van der Waals surface area contributed by atoms with E-state index in [9.17, 15) is 9.90 Å². The largest absolute Gasteiger partial charge is 0.394 e. The van der Waals surface area contributed by atoms with Crippen LogP contribution in [0.1, 0.15) is 41.0 Å². The fourth-order valence-corrected chi connectivity index (χ4v) is 2.47. The first-order valence-electron chi connectivity index (χ1n) is 6.08. The molecule has 2 rings (SSSR count). The van der Waals surface area contributed by atoms with Crippen molar-refractivity contribution in [1.82, 2.24) is 15.1 Å². The highest BCUT2D eigenvalue weighted by molar-refractivity contribution is 5.96. The van der Waals surface area contributed by atoms with Gasteiger partial charge in [-0.05, 0) is 33.1 Å². The summed E-state index contributed by atoms with van der Waals surface area (Å²) in [7, 11) is 0. The molecule has 0 aromatic carbocycles. The van der Waals surface area contributed by atoms with E-state index in [1.165, 1.54) is 0 Å². The molecule has 1 saturated heterocycles. The summed E-state index contributed by atoms with van der Waals surface area (Å²) in [4.78, 5) is 14.2. The van der Waals surface area contributed by atoms with E-state index in [0.29, 0.717) is 5.56 Å². The van der Waals surface area contributed by atoms with Gasteiger partial charge < -0.3 is 10.0 Å². The Morgan fingerprint density at radius 3 is 2.88 bits per heavy atom. The number of carbonyl (C=O) groups is 1. The van der Waals surface area contributed by atoms with Crippen molar-refractivity contribution in [2.24, 2.45) is 0 Å². The molecule has 1 fully saturated rings. The maximum Gasteiger partial charge on any atom is 0.257 e. The van der Waals surface area contributed by atoms with Gasteiger partial charge in [0.1, 0.15) is 0 Å². The monoisotopic (exact) mass is 237 g/mol. The molecule has 1 aliphatic heterocycles. The summed E-state index contributed by atoms with van der Waals surface area (Å²) in [5.41, 5.74) is 2.19. The Labute approximate surface area is 101 Å². The Morgan fingerprint density at radius 2 is 2.29 bits per heavy atom. The second kappa shape index (κ2) is 4.87.